The summed E-state index contributed by atoms with van der Waals surface area (Å²) in [6.07, 6.45) is 1.18. The van der Waals surface area contributed by atoms with E-state index in [1.807, 2.05) is 35.6 Å². The molecule has 3 rings (SSSR count). The van der Waals surface area contributed by atoms with Crippen molar-refractivity contribution in [3.8, 4) is 17.6 Å². The highest BCUT2D eigenvalue weighted by atomic mass is 32.1. The van der Waals surface area contributed by atoms with Gasteiger partial charge in [-0.15, -0.1) is 11.3 Å². The molecule has 0 radical (unpaired) electrons. The maximum atomic E-state index is 5.14. The molecule has 1 aromatic heterocycles. The van der Waals surface area contributed by atoms with E-state index in [-0.39, 0.29) is 5.41 Å². The standard InChI is InChI=1S/C17H16OS/c1-17(16-4-3-11-19-16)12-14(17)8-5-13-6-9-15(18-2)10-7-13/h3-4,6-7,9-11,14H,12H2,1-2H3/t14-,17-/m1/s1. The van der Waals surface area contributed by atoms with Crippen LogP contribution in [-0.4, -0.2) is 7.11 Å². The second-order valence-electron chi connectivity index (χ2n) is 5.15. The fraction of sp³-hybridized carbons (Fsp3) is 0.294. The number of hydrogen-bond acceptors (Lipinski definition) is 2. The molecule has 1 saturated carbocycles. The molecular formula is C17H16OS. The Morgan fingerprint density at radius 2 is 2.05 bits per heavy atom. The lowest BCUT2D eigenvalue weighted by Gasteiger charge is -2.04. The van der Waals surface area contributed by atoms with E-state index in [1.165, 1.54) is 11.3 Å². The summed E-state index contributed by atoms with van der Waals surface area (Å²) in [7, 11) is 1.68. The molecule has 0 N–H and O–H groups in total. The van der Waals surface area contributed by atoms with Crippen molar-refractivity contribution in [3.63, 3.8) is 0 Å². The fourth-order valence-corrected chi connectivity index (χ4v) is 3.25. The monoisotopic (exact) mass is 268 g/mol. The third kappa shape index (κ3) is 2.39. The van der Waals surface area contributed by atoms with Crippen LogP contribution in [0.4, 0.5) is 0 Å². The number of benzene rings is 1. The summed E-state index contributed by atoms with van der Waals surface area (Å²) in [5.41, 5.74) is 1.34. The topological polar surface area (TPSA) is 9.23 Å². The molecule has 1 heterocycles. The highest BCUT2D eigenvalue weighted by Gasteiger charge is 2.51. The van der Waals surface area contributed by atoms with E-state index in [2.05, 4.69) is 36.3 Å². The highest BCUT2D eigenvalue weighted by molar-refractivity contribution is 7.10. The molecule has 1 aliphatic rings. The SMILES string of the molecule is COc1ccc(C#C[C@@H]2C[C@@]2(C)c2cccs2)cc1. The fourth-order valence-electron chi connectivity index (χ4n) is 2.30. The Bertz CT molecular complexity index is 616. The van der Waals surface area contributed by atoms with Crippen LogP contribution >= 0.6 is 11.3 Å². The van der Waals surface area contributed by atoms with Crippen molar-refractivity contribution in [2.45, 2.75) is 18.8 Å². The van der Waals surface area contributed by atoms with Crippen LogP contribution in [0.1, 0.15) is 23.8 Å². The molecule has 1 nitrogen and oxygen atoms in total. The summed E-state index contributed by atoms with van der Waals surface area (Å²) in [6.45, 7) is 2.31. The number of rotatable bonds is 2. The van der Waals surface area contributed by atoms with Crippen molar-refractivity contribution >= 4 is 11.3 Å². The largest absolute Gasteiger partial charge is 0.497 e. The molecule has 2 atom stereocenters. The molecule has 1 aromatic carbocycles. The van der Waals surface area contributed by atoms with Gasteiger partial charge in [0.15, 0.2) is 0 Å². The summed E-state index contributed by atoms with van der Waals surface area (Å²) in [6, 6.07) is 12.3. The van der Waals surface area contributed by atoms with Gasteiger partial charge in [-0.2, -0.15) is 0 Å². The van der Waals surface area contributed by atoms with E-state index in [9.17, 15) is 0 Å². The Kier molecular flexibility index (Phi) is 3.08. The van der Waals surface area contributed by atoms with Gasteiger partial charge in [-0.3, -0.25) is 0 Å². The lowest BCUT2D eigenvalue weighted by molar-refractivity contribution is 0.415. The minimum atomic E-state index is 0.285. The first-order chi connectivity index (χ1) is 9.22. The van der Waals surface area contributed by atoms with Gasteiger partial charge in [0.2, 0.25) is 0 Å². The van der Waals surface area contributed by atoms with E-state index in [1.54, 1.807) is 7.11 Å². The van der Waals surface area contributed by atoms with E-state index in [4.69, 9.17) is 4.74 Å². The van der Waals surface area contributed by atoms with Crippen LogP contribution in [0.15, 0.2) is 41.8 Å². The van der Waals surface area contributed by atoms with Crippen LogP contribution in [0.3, 0.4) is 0 Å². The molecule has 19 heavy (non-hydrogen) atoms. The average Bonchev–Trinajstić information content (AvgIpc) is 2.88. The first-order valence-corrected chi connectivity index (χ1v) is 7.30. The number of hydrogen-bond donors (Lipinski definition) is 0. The lowest BCUT2D eigenvalue weighted by atomic mass is 10.0. The molecular weight excluding hydrogens is 252 g/mol. The summed E-state index contributed by atoms with van der Waals surface area (Å²) in [4.78, 5) is 1.46. The van der Waals surface area contributed by atoms with E-state index in [0.29, 0.717) is 5.92 Å². The lowest BCUT2D eigenvalue weighted by Crippen LogP contribution is -1.99. The van der Waals surface area contributed by atoms with Crippen LogP contribution < -0.4 is 4.74 Å². The van der Waals surface area contributed by atoms with Crippen molar-refractivity contribution in [2.24, 2.45) is 5.92 Å². The van der Waals surface area contributed by atoms with Crippen LogP contribution in [0.2, 0.25) is 0 Å². The Balaban J connectivity index is 1.72. The van der Waals surface area contributed by atoms with Gasteiger partial charge in [-0.25, -0.2) is 0 Å². The van der Waals surface area contributed by atoms with Crippen molar-refractivity contribution < 1.29 is 4.74 Å². The van der Waals surface area contributed by atoms with Gasteiger partial charge in [0.1, 0.15) is 5.75 Å². The molecule has 1 fully saturated rings. The predicted molar refractivity (Wildman–Crippen MR) is 79.7 cm³/mol. The second-order valence-corrected chi connectivity index (χ2v) is 6.10. The smallest absolute Gasteiger partial charge is 0.118 e. The highest BCUT2D eigenvalue weighted by Crippen LogP contribution is 2.54. The zero-order valence-electron chi connectivity index (χ0n) is 11.1. The van der Waals surface area contributed by atoms with E-state index >= 15 is 0 Å². The van der Waals surface area contributed by atoms with Crippen molar-refractivity contribution in [2.75, 3.05) is 7.11 Å². The van der Waals surface area contributed by atoms with Crippen LogP contribution in [0.5, 0.6) is 5.75 Å². The van der Waals surface area contributed by atoms with Gasteiger partial charge < -0.3 is 4.74 Å². The molecule has 96 valence electrons. The van der Waals surface area contributed by atoms with Gasteiger partial charge >= 0.3 is 0 Å². The van der Waals surface area contributed by atoms with Crippen molar-refractivity contribution in [1.82, 2.24) is 0 Å². The maximum Gasteiger partial charge on any atom is 0.118 e. The normalized spacial score (nSPS) is 24.4. The zero-order valence-corrected chi connectivity index (χ0v) is 12.0. The molecule has 0 bridgehead atoms. The van der Waals surface area contributed by atoms with Gasteiger partial charge in [0.05, 0.1) is 7.11 Å². The molecule has 0 unspecified atom stereocenters. The third-order valence-corrected chi connectivity index (χ3v) is 4.95. The maximum absolute atomic E-state index is 5.14. The van der Waals surface area contributed by atoms with E-state index < -0.39 is 0 Å². The number of ether oxygens (including phenoxy) is 1. The predicted octanol–water partition coefficient (Wildman–Crippen LogP) is 4.09. The van der Waals surface area contributed by atoms with Crippen LogP contribution in [0, 0.1) is 17.8 Å². The van der Waals surface area contributed by atoms with Gasteiger partial charge in [-0.1, -0.05) is 24.8 Å². The first-order valence-electron chi connectivity index (χ1n) is 6.42. The van der Waals surface area contributed by atoms with E-state index in [0.717, 1.165) is 11.3 Å². The summed E-state index contributed by atoms with van der Waals surface area (Å²) in [5, 5.41) is 2.15. The quantitative estimate of drug-likeness (QED) is 0.746. The van der Waals surface area contributed by atoms with Crippen molar-refractivity contribution in [1.29, 1.82) is 0 Å². The minimum absolute atomic E-state index is 0.285. The molecule has 2 heteroatoms. The molecule has 0 amide bonds. The van der Waals surface area contributed by atoms with Crippen molar-refractivity contribution in [3.05, 3.63) is 52.2 Å². The molecule has 0 saturated heterocycles. The summed E-state index contributed by atoms with van der Waals surface area (Å²) >= 11 is 1.84. The van der Waals surface area contributed by atoms with Crippen LogP contribution in [-0.2, 0) is 5.41 Å². The second kappa shape index (κ2) is 4.75. The Morgan fingerprint density at radius 3 is 2.68 bits per heavy atom. The third-order valence-electron chi connectivity index (χ3n) is 3.80. The Morgan fingerprint density at radius 1 is 1.26 bits per heavy atom. The van der Waals surface area contributed by atoms with Gasteiger partial charge in [-0.05, 0) is 42.1 Å². The minimum Gasteiger partial charge on any atom is -0.497 e. The number of methoxy groups -OCH3 is 1. The Labute approximate surface area is 118 Å². The summed E-state index contributed by atoms with van der Waals surface area (Å²) < 4.78 is 5.14. The average molecular weight is 268 g/mol. The molecule has 1 aliphatic carbocycles. The first kappa shape index (κ1) is 12.3. The van der Waals surface area contributed by atoms with Gasteiger partial charge in [0, 0.05) is 21.8 Å². The zero-order chi connectivity index (χ0) is 13.3. The molecule has 0 aliphatic heterocycles. The van der Waals surface area contributed by atoms with Gasteiger partial charge in [0.25, 0.3) is 0 Å². The summed E-state index contributed by atoms with van der Waals surface area (Å²) in [5.74, 6) is 8.05. The Hall–Kier alpha value is -1.72. The molecule has 0 spiro atoms. The molecule has 2 aromatic rings. The van der Waals surface area contributed by atoms with Crippen LogP contribution in [0.25, 0.3) is 0 Å². The number of thiophene rings is 1.